The molecule has 0 saturated heterocycles. The number of hydrogen-bond donors (Lipinski definition) is 2. The number of nitrogens with two attached hydrogens (primary N) is 1. The number of hydrazine groups is 1. The third-order valence-electron chi connectivity index (χ3n) is 2.54. The fourth-order valence-electron chi connectivity index (χ4n) is 1.95. The van der Waals surface area contributed by atoms with Gasteiger partial charge in [0.2, 0.25) is 5.95 Å². The highest BCUT2D eigenvalue weighted by Gasteiger charge is 2.15. The topological polar surface area (TPSA) is 67.1 Å². The van der Waals surface area contributed by atoms with Crippen LogP contribution in [0.25, 0.3) is 0 Å². The van der Waals surface area contributed by atoms with E-state index in [0.29, 0.717) is 17.8 Å². The summed E-state index contributed by atoms with van der Waals surface area (Å²) in [4.78, 5) is 10.9. The van der Waals surface area contributed by atoms with Crippen LogP contribution in [-0.2, 0) is 0 Å². The van der Waals surface area contributed by atoms with Gasteiger partial charge in [-0.15, -0.1) is 0 Å². The van der Waals surface area contributed by atoms with Crippen molar-refractivity contribution >= 4 is 11.8 Å². The Hall–Kier alpha value is -1.36. The SMILES string of the molecule is Cc1cnc(NN)nc1N(CC(C)C)CC(C)C. The standard InChI is InChI=1S/C13H25N5/c1-9(2)7-18(8-10(3)4)12-11(5)6-15-13(16-12)17-14/h6,9-10H,7-8,14H2,1-5H3,(H,15,16,17). The average molecular weight is 251 g/mol. The average Bonchev–Trinajstić information content (AvgIpc) is 2.27. The maximum absolute atomic E-state index is 5.38. The summed E-state index contributed by atoms with van der Waals surface area (Å²) in [5.74, 6) is 8.00. The number of aryl methyl sites for hydroxylation is 1. The molecule has 0 fully saturated rings. The van der Waals surface area contributed by atoms with Crippen molar-refractivity contribution in [1.29, 1.82) is 0 Å². The summed E-state index contributed by atoms with van der Waals surface area (Å²) in [6.45, 7) is 12.9. The lowest BCUT2D eigenvalue weighted by Crippen LogP contribution is -2.33. The van der Waals surface area contributed by atoms with Gasteiger partial charge in [0.1, 0.15) is 5.82 Å². The van der Waals surface area contributed by atoms with Crippen molar-refractivity contribution in [3.8, 4) is 0 Å². The fraction of sp³-hybridized carbons (Fsp3) is 0.692. The van der Waals surface area contributed by atoms with E-state index in [-0.39, 0.29) is 0 Å². The normalized spacial score (nSPS) is 11.1. The lowest BCUT2D eigenvalue weighted by atomic mass is 10.1. The summed E-state index contributed by atoms with van der Waals surface area (Å²) in [7, 11) is 0. The molecule has 3 N–H and O–H groups in total. The van der Waals surface area contributed by atoms with Crippen molar-refractivity contribution in [3.05, 3.63) is 11.8 Å². The summed E-state index contributed by atoms with van der Waals surface area (Å²) in [5, 5.41) is 0. The van der Waals surface area contributed by atoms with Crippen LogP contribution in [0.5, 0.6) is 0 Å². The van der Waals surface area contributed by atoms with Gasteiger partial charge in [-0.25, -0.2) is 10.8 Å². The Balaban J connectivity index is 3.02. The lowest BCUT2D eigenvalue weighted by Gasteiger charge is -2.28. The van der Waals surface area contributed by atoms with Gasteiger partial charge in [0.25, 0.3) is 0 Å². The summed E-state index contributed by atoms with van der Waals surface area (Å²) < 4.78 is 0. The van der Waals surface area contributed by atoms with Gasteiger partial charge in [-0.1, -0.05) is 27.7 Å². The molecule has 0 aliphatic carbocycles. The van der Waals surface area contributed by atoms with Gasteiger partial charge in [0, 0.05) is 24.8 Å². The van der Waals surface area contributed by atoms with Crippen LogP contribution in [0.3, 0.4) is 0 Å². The van der Waals surface area contributed by atoms with E-state index in [1.165, 1.54) is 0 Å². The highest BCUT2D eigenvalue weighted by atomic mass is 15.3. The summed E-state index contributed by atoms with van der Waals surface area (Å²) in [6.07, 6.45) is 1.81. The molecule has 5 heteroatoms. The first-order valence-electron chi connectivity index (χ1n) is 6.49. The minimum Gasteiger partial charge on any atom is -0.356 e. The molecule has 1 rings (SSSR count). The van der Waals surface area contributed by atoms with E-state index in [4.69, 9.17) is 5.84 Å². The first-order chi connectivity index (χ1) is 8.43. The molecule has 0 atom stereocenters. The molecule has 1 aromatic rings. The third kappa shape index (κ3) is 4.14. The van der Waals surface area contributed by atoms with Crippen LogP contribution in [0.2, 0.25) is 0 Å². The quantitative estimate of drug-likeness (QED) is 0.599. The number of aromatic nitrogens is 2. The lowest BCUT2D eigenvalue weighted by molar-refractivity contribution is 0.547. The van der Waals surface area contributed by atoms with Gasteiger partial charge < -0.3 is 4.90 Å². The Morgan fingerprint density at radius 2 is 1.78 bits per heavy atom. The zero-order valence-electron chi connectivity index (χ0n) is 12.1. The minimum atomic E-state index is 0.466. The van der Waals surface area contributed by atoms with E-state index in [0.717, 1.165) is 24.5 Å². The Bertz CT molecular complexity index is 366. The van der Waals surface area contributed by atoms with Gasteiger partial charge in [-0.3, -0.25) is 5.43 Å². The third-order valence-corrected chi connectivity index (χ3v) is 2.54. The molecule has 0 bridgehead atoms. The van der Waals surface area contributed by atoms with E-state index >= 15 is 0 Å². The van der Waals surface area contributed by atoms with Crippen LogP contribution in [0.15, 0.2) is 6.20 Å². The smallest absolute Gasteiger partial charge is 0.239 e. The summed E-state index contributed by atoms with van der Waals surface area (Å²) >= 11 is 0. The van der Waals surface area contributed by atoms with Crippen molar-refractivity contribution in [2.45, 2.75) is 34.6 Å². The van der Waals surface area contributed by atoms with Gasteiger partial charge in [0.15, 0.2) is 0 Å². The van der Waals surface area contributed by atoms with Crippen molar-refractivity contribution in [1.82, 2.24) is 9.97 Å². The van der Waals surface area contributed by atoms with Crippen molar-refractivity contribution in [3.63, 3.8) is 0 Å². The molecule has 0 aromatic carbocycles. The van der Waals surface area contributed by atoms with Crippen LogP contribution >= 0.6 is 0 Å². The largest absolute Gasteiger partial charge is 0.356 e. The molecule has 102 valence electrons. The molecule has 0 unspecified atom stereocenters. The van der Waals surface area contributed by atoms with E-state index in [2.05, 4.69) is 48.0 Å². The Morgan fingerprint density at radius 1 is 1.22 bits per heavy atom. The minimum absolute atomic E-state index is 0.466. The van der Waals surface area contributed by atoms with Crippen LogP contribution < -0.4 is 16.2 Å². The van der Waals surface area contributed by atoms with Crippen molar-refractivity contribution < 1.29 is 0 Å². The van der Waals surface area contributed by atoms with Crippen molar-refractivity contribution in [2.24, 2.45) is 17.7 Å². The summed E-state index contributed by atoms with van der Waals surface area (Å²) in [6, 6.07) is 0. The molecule has 5 nitrogen and oxygen atoms in total. The predicted octanol–water partition coefficient (Wildman–Crippen LogP) is 2.19. The second-order valence-corrected chi connectivity index (χ2v) is 5.54. The molecular formula is C13H25N5. The fourth-order valence-corrected chi connectivity index (χ4v) is 1.95. The Morgan fingerprint density at radius 3 is 2.22 bits per heavy atom. The van der Waals surface area contributed by atoms with Crippen molar-refractivity contribution in [2.75, 3.05) is 23.4 Å². The van der Waals surface area contributed by atoms with Crippen LogP contribution in [0, 0.1) is 18.8 Å². The van der Waals surface area contributed by atoms with E-state index in [1.54, 1.807) is 0 Å². The second-order valence-electron chi connectivity index (χ2n) is 5.54. The number of nitrogens with one attached hydrogen (secondary N) is 1. The number of hydrogen-bond acceptors (Lipinski definition) is 5. The van der Waals surface area contributed by atoms with Crippen LogP contribution in [0.1, 0.15) is 33.3 Å². The van der Waals surface area contributed by atoms with E-state index < -0.39 is 0 Å². The molecule has 0 spiro atoms. The van der Waals surface area contributed by atoms with Gasteiger partial charge in [-0.05, 0) is 18.8 Å². The zero-order chi connectivity index (χ0) is 13.7. The first-order valence-corrected chi connectivity index (χ1v) is 6.49. The monoisotopic (exact) mass is 251 g/mol. The maximum Gasteiger partial charge on any atom is 0.239 e. The summed E-state index contributed by atoms with van der Waals surface area (Å²) in [5.41, 5.74) is 3.59. The number of rotatable bonds is 6. The van der Waals surface area contributed by atoms with Crippen LogP contribution in [0.4, 0.5) is 11.8 Å². The van der Waals surface area contributed by atoms with Crippen LogP contribution in [-0.4, -0.2) is 23.1 Å². The van der Waals surface area contributed by atoms with E-state index in [9.17, 15) is 0 Å². The van der Waals surface area contributed by atoms with Gasteiger partial charge in [0.05, 0.1) is 0 Å². The molecule has 0 aliphatic heterocycles. The predicted molar refractivity (Wildman–Crippen MR) is 76.5 cm³/mol. The molecule has 1 aromatic heterocycles. The maximum atomic E-state index is 5.38. The van der Waals surface area contributed by atoms with Gasteiger partial charge in [-0.2, -0.15) is 4.98 Å². The molecule has 0 radical (unpaired) electrons. The number of nitrogen functional groups attached to an aromatic ring is 1. The molecule has 0 amide bonds. The molecular weight excluding hydrogens is 226 g/mol. The highest BCUT2D eigenvalue weighted by Crippen LogP contribution is 2.20. The molecule has 18 heavy (non-hydrogen) atoms. The Labute approximate surface area is 110 Å². The van der Waals surface area contributed by atoms with Gasteiger partial charge >= 0.3 is 0 Å². The number of nitrogens with zero attached hydrogens (tertiary/aromatic N) is 3. The number of anilines is 2. The van der Waals surface area contributed by atoms with E-state index in [1.807, 2.05) is 13.1 Å². The Kier molecular flexibility index (Phi) is 5.34. The molecule has 1 heterocycles. The zero-order valence-corrected chi connectivity index (χ0v) is 12.1. The first kappa shape index (κ1) is 14.7. The molecule has 0 aliphatic rings. The molecule has 0 saturated carbocycles. The second kappa shape index (κ2) is 6.54. The highest BCUT2D eigenvalue weighted by molar-refractivity contribution is 5.48.